The highest BCUT2D eigenvalue weighted by molar-refractivity contribution is 6.62. The van der Waals surface area contributed by atoms with Crippen LogP contribution in [0.2, 0.25) is 20.1 Å². The van der Waals surface area contributed by atoms with Crippen molar-refractivity contribution >= 4 is 70.7 Å². The minimum Gasteiger partial charge on any atom is -0.423 e. The lowest BCUT2D eigenvalue weighted by Gasteiger charge is -2.33. The Morgan fingerprint density at radius 1 is 1.13 bits per heavy atom. The lowest BCUT2D eigenvalue weighted by molar-refractivity contribution is -0.684. The summed E-state index contributed by atoms with van der Waals surface area (Å²) in [4.78, 5) is 18.9. The molecule has 4 heterocycles. The zero-order valence-corrected chi connectivity index (χ0v) is 26.9. The number of fused-ring (bicyclic) bond motifs is 2. The van der Waals surface area contributed by atoms with E-state index in [9.17, 15) is 23.0 Å². The molecule has 0 saturated carbocycles. The number of nitrogens with one attached hydrogen (secondary N) is 1. The number of quaternary nitrogens is 1. The third-order valence-electron chi connectivity index (χ3n) is 8.30. The number of hydrogen-bond donors (Lipinski definition) is 2. The Morgan fingerprint density at radius 3 is 2.49 bits per heavy atom. The molecule has 234 valence electrons. The van der Waals surface area contributed by atoms with E-state index in [-0.39, 0.29) is 38.6 Å². The highest BCUT2D eigenvalue weighted by Gasteiger charge is 2.66. The number of benzene rings is 2. The molecular weight excluding hydrogens is 676 g/mol. The highest BCUT2D eigenvalue weighted by atomic mass is 35.5. The monoisotopic (exact) mass is 698 g/mol. The van der Waals surface area contributed by atoms with Crippen molar-refractivity contribution in [3.8, 4) is 0 Å². The maximum absolute atomic E-state index is 14.8. The average Bonchev–Trinajstić information content (AvgIpc) is 3.62. The number of halogens is 7. The first-order chi connectivity index (χ1) is 21.0. The summed E-state index contributed by atoms with van der Waals surface area (Å²) in [5, 5.41) is 17.1. The maximum Gasteiger partial charge on any atom is 0.492 e. The van der Waals surface area contributed by atoms with Crippen LogP contribution in [0.5, 0.6) is 0 Å². The van der Waals surface area contributed by atoms with Crippen LogP contribution in [0, 0.1) is 0 Å². The number of nitrogens with zero attached hydrogens (tertiary/aromatic N) is 2. The summed E-state index contributed by atoms with van der Waals surface area (Å²) in [6, 6.07) is 5.51. The smallest absolute Gasteiger partial charge is 0.423 e. The molecule has 2 aromatic carbocycles. The second-order valence-corrected chi connectivity index (χ2v) is 13.2. The molecule has 0 aromatic heterocycles. The number of oxime groups is 1. The third kappa shape index (κ3) is 5.13. The molecule has 0 fully saturated rings. The van der Waals surface area contributed by atoms with Crippen molar-refractivity contribution in [3.63, 3.8) is 0 Å². The molecule has 6 rings (SSSR count). The van der Waals surface area contributed by atoms with E-state index in [1.165, 1.54) is 0 Å². The molecule has 4 aliphatic rings. The predicted octanol–water partition coefficient (Wildman–Crippen LogP) is 7.13. The minimum atomic E-state index is -4.93. The van der Waals surface area contributed by atoms with Gasteiger partial charge in [-0.15, -0.1) is 0 Å². The zero-order chi connectivity index (χ0) is 32.7. The molecule has 45 heavy (non-hydrogen) atoms. The van der Waals surface area contributed by atoms with Gasteiger partial charge in [0.25, 0.3) is 17.3 Å². The molecule has 0 bridgehead atoms. The molecule has 1 amide bonds. The fourth-order valence-electron chi connectivity index (χ4n) is 6.05. The van der Waals surface area contributed by atoms with E-state index >= 15 is 0 Å². The van der Waals surface area contributed by atoms with Gasteiger partial charge in [0.1, 0.15) is 24.4 Å². The zero-order valence-electron chi connectivity index (χ0n) is 23.9. The van der Waals surface area contributed by atoms with Gasteiger partial charge in [-0.25, -0.2) is 0 Å². The Hall–Kier alpha value is -2.77. The second kappa shape index (κ2) is 10.9. The van der Waals surface area contributed by atoms with Crippen LogP contribution in [0.25, 0.3) is 0 Å². The van der Waals surface area contributed by atoms with Gasteiger partial charge >= 0.3 is 13.3 Å². The summed E-state index contributed by atoms with van der Waals surface area (Å²) in [6.45, 7) is 5.41. The second-order valence-electron chi connectivity index (χ2n) is 11.7. The quantitative estimate of drug-likeness (QED) is 0.202. The summed E-state index contributed by atoms with van der Waals surface area (Å²) in [5.41, 5.74) is -0.880. The summed E-state index contributed by atoms with van der Waals surface area (Å²) >= 11 is 24.7. The molecule has 2 aromatic rings. The number of allylic oxidation sites excluding steroid dienone is 4. The van der Waals surface area contributed by atoms with Crippen LogP contribution in [-0.2, 0) is 32.0 Å². The Bertz CT molecular complexity index is 1800. The average molecular weight is 700 g/mol. The van der Waals surface area contributed by atoms with E-state index in [4.69, 9.17) is 55.9 Å². The SMILES string of the molecule is CC1=C[N+]2(C3=NOC(c4cc(Cl)c(Cl)c(Cl)c4)(C(F)(F)F)C3)C=CC=C(C(=O)NCc3cc4c(cc3Cl)C(C)(C)OB4O)C2=C1. The summed E-state index contributed by atoms with van der Waals surface area (Å²) in [7, 11) is -1.14. The standard InChI is InChI=1S/C30H23BCl4F3N3O4/c1-15-7-24-18(27(42)39-13-16-8-20-19(11-21(16)32)28(2,3)44-31(20)43)5-4-6-41(24,14-15)25-12-29(45-40-25,30(36,37)38)17-9-22(33)26(35)23(34)10-17/h4-11,14,43H,12-13H2,1-3H3/p+1. The predicted molar refractivity (Wildman–Crippen MR) is 167 cm³/mol. The number of hydrogen-bond acceptors (Lipinski definition) is 5. The molecule has 2 atom stereocenters. The van der Waals surface area contributed by atoms with Crippen LogP contribution in [0.15, 0.2) is 76.9 Å². The van der Waals surface area contributed by atoms with Gasteiger partial charge in [0.05, 0.1) is 20.7 Å². The first kappa shape index (κ1) is 32.2. The van der Waals surface area contributed by atoms with Crippen molar-refractivity contribution in [3.05, 3.63) is 109 Å². The fraction of sp³-hybridized carbons (Fsp3) is 0.267. The first-order valence-electron chi connectivity index (χ1n) is 13.6. The number of carbonyl (C=O) groups excluding carboxylic acids is 1. The summed E-state index contributed by atoms with van der Waals surface area (Å²) < 4.78 is 49.6. The Balaban J connectivity index is 1.28. The Kier molecular flexibility index (Phi) is 7.80. The number of alkyl halides is 3. The van der Waals surface area contributed by atoms with Crippen LogP contribution in [0.1, 0.15) is 43.9 Å². The summed E-state index contributed by atoms with van der Waals surface area (Å²) in [6.07, 6.45) is 2.50. The number of carbonyl (C=O) groups is 1. The highest BCUT2D eigenvalue weighted by Crippen LogP contribution is 2.53. The van der Waals surface area contributed by atoms with Crippen molar-refractivity contribution in [2.75, 3.05) is 0 Å². The largest absolute Gasteiger partial charge is 0.492 e. The molecular formula is C30H24BCl4F3N3O4+. The minimum absolute atomic E-state index is 0.0121. The van der Waals surface area contributed by atoms with Crippen LogP contribution >= 0.6 is 46.4 Å². The normalized spacial score (nSPS) is 24.8. The molecule has 2 N–H and O–H groups in total. The Labute approximate surface area is 276 Å². The van der Waals surface area contributed by atoms with Gasteiger partial charge < -0.3 is 19.8 Å². The van der Waals surface area contributed by atoms with Gasteiger partial charge in [-0.2, -0.15) is 17.7 Å². The van der Waals surface area contributed by atoms with Crippen LogP contribution in [-0.4, -0.2) is 34.5 Å². The van der Waals surface area contributed by atoms with E-state index in [0.29, 0.717) is 27.3 Å². The lowest BCUT2D eigenvalue weighted by Crippen LogP contribution is -2.48. The van der Waals surface area contributed by atoms with Crippen LogP contribution < -0.4 is 10.8 Å². The number of amides is 1. The van der Waals surface area contributed by atoms with Crippen LogP contribution in [0.4, 0.5) is 13.2 Å². The van der Waals surface area contributed by atoms with Crippen molar-refractivity contribution in [2.24, 2.45) is 5.16 Å². The van der Waals surface area contributed by atoms with Crippen molar-refractivity contribution in [2.45, 2.75) is 51.1 Å². The summed E-state index contributed by atoms with van der Waals surface area (Å²) in [5.74, 6) is -0.520. The molecule has 0 spiro atoms. The first-order valence-corrected chi connectivity index (χ1v) is 15.1. The van der Waals surface area contributed by atoms with Crippen molar-refractivity contribution in [1.82, 2.24) is 5.32 Å². The molecule has 0 aliphatic carbocycles. The van der Waals surface area contributed by atoms with E-state index in [1.54, 1.807) is 49.7 Å². The van der Waals surface area contributed by atoms with Gasteiger partial charge in [0.15, 0.2) is 5.70 Å². The van der Waals surface area contributed by atoms with Gasteiger partial charge in [-0.3, -0.25) is 4.79 Å². The molecule has 2 unspecified atom stereocenters. The number of rotatable bonds is 4. The van der Waals surface area contributed by atoms with Gasteiger partial charge in [-0.05, 0) is 72.9 Å². The van der Waals surface area contributed by atoms with Crippen molar-refractivity contribution < 1.29 is 37.0 Å². The molecule has 0 radical (unpaired) electrons. The Morgan fingerprint density at radius 2 is 1.82 bits per heavy atom. The van der Waals surface area contributed by atoms with E-state index < -0.39 is 41.3 Å². The molecule has 15 heteroatoms. The maximum atomic E-state index is 14.8. The fourth-order valence-corrected chi connectivity index (χ4v) is 6.88. The number of amidine groups is 1. The molecule has 7 nitrogen and oxygen atoms in total. The van der Waals surface area contributed by atoms with Gasteiger partial charge in [0.2, 0.25) is 0 Å². The van der Waals surface area contributed by atoms with E-state index in [0.717, 1.165) is 17.7 Å². The van der Waals surface area contributed by atoms with E-state index in [1.807, 2.05) is 13.8 Å². The molecule has 4 aliphatic heterocycles. The lowest BCUT2D eigenvalue weighted by atomic mass is 9.77. The van der Waals surface area contributed by atoms with Crippen molar-refractivity contribution in [1.29, 1.82) is 0 Å². The third-order valence-corrected chi connectivity index (χ3v) is 9.85. The van der Waals surface area contributed by atoms with E-state index in [2.05, 4.69) is 10.5 Å². The van der Waals surface area contributed by atoms with Crippen LogP contribution in [0.3, 0.4) is 0 Å². The van der Waals surface area contributed by atoms with Gasteiger partial charge in [0, 0.05) is 28.8 Å². The molecule has 0 saturated heterocycles. The van der Waals surface area contributed by atoms with Gasteiger partial charge in [-0.1, -0.05) is 52.5 Å². The topological polar surface area (TPSA) is 80.2 Å².